The number of hydrogen-bond acceptors (Lipinski definition) is 4. The van der Waals surface area contributed by atoms with Gasteiger partial charge in [0.05, 0.1) is 17.2 Å². The van der Waals surface area contributed by atoms with Crippen molar-refractivity contribution in [2.24, 2.45) is 0 Å². The molecule has 3 aromatic rings. The van der Waals surface area contributed by atoms with Gasteiger partial charge in [-0.05, 0) is 81.1 Å². The highest BCUT2D eigenvalue weighted by atomic mass is 32.2. The second kappa shape index (κ2) is 10.0. The summed E-state index contributed by atoms with van der Waals surface area (Å²) in [7, 11) is -4.06. The molecule has 0 aliphatic carbocycles. The number of anilines is 1. The Kier molecular flexibility index (Phi) is 7.36. The Hall–Kier alpha value is -3.12. The van der Waals surface area contributed by atoms with Crippen molar-refractivity contribution in [3.8, 4) is 5.75 Å². The number of benzene rings is 3. The molecule has 5 nitrogen and oxygen atoms in total. The maximum atomic E-state index is 13.5. The van der Waals surface area contributed by atoms with Crippen LogP contribution in [-0.2, 0) is 14.8 Å². The monoisotopic (exact) mass is 451 g/mol. The van der Waals surface area contributed by atoms with Gasteiger partial charge in [-0.15, -0.1) is 0 Å². The predicted octanol–water partition coefficient (Wildman–Crippen LogP) is 5.50. The fourth-order valence-electron chi connectivity index (χ4n) is 3.39. The molecule has 168 valence electrons. The van der Waals surface area contributed by atoms with Gasteiger partial charge in [0.15, 0.2) is 0 Å². The first-order valence-electron chi connectivity index (χ1n) is 10.6. The summed E-state index contributed by atoms with van der Waals surface area (Å²) in [5, 5.41) is 0. The number of hydrogen-bond donors (Lipinski definition) is 0. The van der Waals surface area contributed by atoms with E-state index in [4.69, 9.17) is 4.74 Å². The van der Waals surface area contributed by atoms with E-state index >= 15 is 0 Å². The molecule has 0 spiro atoms. The molecule has 0 heterocycles. The Balaban J connectivity index is 1.84. The van der Waals surface area contributed by atoms with E-state index in [0.29, 0.717) is 18.7 Å². The van der Waals surface area contributed by atoms with Crippen molar-refractivity contribution in [1.82, 2.24) is 0 Å². The van der Waals surface area contributed by atoms with E-state index in [1.165, 1.54) is 12.1 Å². The van der Waals surface area contributed by atoms with Crippen LogP contribution in [0.3, 0.4) is 0 Å². The van der Waals surface area contributed by atoms with Crippen molar-refractivity contribution < 1.29 is 17.9 Å². The quantitative estimate of drug-likeness (QED) is 0.424. The minimum absolute atomic E-state index is 0.0459. The Morgan fingerprint density at radius 3 is 2.25 bits per heavy atom. The van der Waals surface area contributed by atoms with Crippen molar-refractivity contribution in [3.63, 3.8) is 0 Å². The Morgan fingerprint density at radius 2 is 1.56 bits per heavy atom. The van der Waals surface area contributed by atoms with Crippen molar-refractivity contribution in [1.29, 1.82) is 0 Å². The van der Waals surface area contributed by atoms with Crippen molar-refractivity contribution >= 4 is 21.6 Å². The van der Waals surface area contributed by atoms with E-state index < -0.39 is 15.9 Å². The molecule has 0 aromatic heterocycles. The van der Waals surface area contributed by atoms with Crippen molar-refractivity contribution in [2.45, 2.75) is 45.4 Å². The molecule has 0 atom stereocenters. The molecule has 32 heavy (non-hydrogen) atoms. The average Bonchev–Trinajstić information content (AvgIpc) is 2.75. The molecule has 3 aromatic carbocycles. The van der Waals surface area contributed by atoms with Crippen LogP contribution < -0.4 is 9.04 Å². The number of carbonyl (C=O) groups excluding carboxylic acids is 1. The topological polar surface area (TPSA) is 63.7 Å². The zero-order valence-electron chi connectivity index (χ0n) is 19.0. The summed E-state index contributed by atoms with van der Waals surface area (Å²) < 4.78 is 33.7. The van der Waals surface area contributed by atoms with E-state index in [0.717, 1.165) is 32.3 Å². The second-order valence-electron chi connectivity index (χ2n) is 7.96. The zero-order chi connectivity index (χ0) is 23.3. The van der Waals surface area contributed by atoms with Crippen LogP contribution in [0.2, 0.25) is 0 Å². The molecule has 0 fully saturated rings. The van der Waals surface area contributed by atoms with Crippen LogP contribution >= 0.6 is 0 Å². The summed E-state index contributed by atoms with van der Waals surface area (Å²) >= 11 is 0. The van der Waals surface area contributed by atoms with Crippen LogP contribution in [0.15, 0.2) is 71.6 Å². The summed E-state index contributed by atoms with van der Waals surface area (Å²) in [5.41, 5.74) is 4.09. The molecule has 0 aliphatic heterocycles. The predicted molar refractivity (Wildman–Crippen MR) is 128 cm³/mol. The zero-order valence-corrected chi connectivity index (χ0v) is 19.8. The largest absolute Gasteiger partial charge is 0.494 e. The molecule has 1 amide bonds. The van der Waals surface area contributed by atoms with E-state index in [1.807, 2.05) is 58.0 Å². The van der Waals surface area contributed by atoms with Crippen LogP contribution in [-0.4, -0.2) is 20.9 Å². The Labute approximate surface area is 190 Å². The molecule has 0 saturated heterocycles. The average molecular weight is 452 g/mol. The van der Waals surface area contributed by atoms with Gasteiger partial charge in [-0.25, -0.2) is 12.7 Å². The van der Waals surface area contributed by atoms with Crippen LogP contribution in [0.5, 0.6) is 5.75 Å². The van der Waals surface area contributed by atoms with E-state index in [9.17, 15) is 13.2 Å². The number of carbonyl (C=O) groups is 1. The summed E-state index contributed by atoms with van der Waals surface area (Å²) in [5.74, 6) is 0.253. The lowest BCUT2D eigenvalue weighted by atomic mass is 10.1. The summed E-state index contributed by atoms with van der Waals surface area (Å²) in [6, 6.07) is 19.6. The molecule has 3 rings (SSSR count). The first kappa shape index (κ1) is 23.5. The highest BCUT2D eigenvalue weighted by Gasteiger charge is 2.31. The van der Waals surface area contributed by atoms with Gasteiger partial charge in [0.2, 0.25) is 5.91 Å². The lowest BCUT2D eigenvalue weighted by molar-refractivity contribution is -0.117. The van der Waals surface area contributed by atoms with Gasteiger partial charge < -0.3 is 4.74 Å². The van der Waals surface area contributed by atoms with Crippen LogP contribution in [0.1, 0.15) is 35.1 Å². The molecule has 0 N–H and O–H groups in total. The highest BCUT2D eigenvalue weighted by Crippen LogP contribution is 2.30. The van der Waals surface area contributed by atoms with Gasteiger partial charge in [-0.1, -0.05) is 42.0 Å². The maximum Gasteiger partial charge on any atom is 0.270 e. The lowest BCUT2D eigenvalue weighted by Gasteiger charge is -2.25. The van der Waals surface area contributed by atoms with E-state index in [1.54, 1.807) is 24.3 Å². The van der Waals surface area contributed by atoms with Gasteiger partial charge in [-0.2, -0.15) is 0 Å². The highest BCUT2D eigenvalue weighted by molar-refractivity contribution is 7.93. The third kappa shape index (κ3) is 5.37. The van der Waals surface area contributed by atoms with Crippen LogP contribution in [0, 0.1) is 27.7 Å². The molecule has 0 saturated carbocycles. The Morgan fingerprint density at radius 1 is 0.875 bits per heavy atom. The summed E-state index contributed by atoms with van der Waals surface area (Å²) in [6.45, 7) is 7.92. The van der Waals surface area contributed by atoms with Crippen molar-refractivity contribution in [2.75, 3.05) is 10.9 Å². The van der Waals surface area contributed by atoms with E-state index in [-0.39, 0.29) is 11.3 Å². The normalized spacial score (nSPS) is 11.2. The molecule has 0 radical (unpaired) electrons. The van der Waals surface area contributed by atoms with Crippen LogP contribution in [0.4, 0.5) is 5.69 Å². The van der Waals surface area contributed by atoms with Gasteiger partial charge in [-0.3, -0.25) is 4.79 Å². The van der Waals surface area contributed by atoms with E-state index in [2.05, 4.69) is 0 Å². The second-order valence-corrected chi connectivity index (χ2v) is 9.75. The Bertz CT molecular complexity index is 1200. The van der Waals surface area contributed by atoms with Crippen LogP contribution in [0.25, 0.3) is 0 Å². The smallest absolute Gasteiger partial charge is 0.270 e. The minimum Gasteiger partial charge on any atom is -0.494 e. The summed E-state index contributed by atoms with van der Waals surface area (Å²) in [6.07, 6.45) is 0.446. The number of nitrogens with zero attached hydrogens (tertiary/aromatic N) is 1. The number of amides is 1. The fraction of sp³-hybridized carbons (Fsp3) is 0.269. The molecule has 0 aliphatic rings. The number of aryl methyl sites for hydroxylation is 3. The number of rotatable bonds is 8. The lowest BCUT2D eigenvalue weighted by Crippen LogP contribution is -2.37. The van der Waals surface area contributed by atoms with Crippen molar-refractivity contribution in [3.05, 3.63) is 89.0 Å². The third-order valence-electron chi connectivity index (χ3n) is 5.37. The minimum atomic E-state index is -4.06. The SMILES string of the molecule is Cc1ccc(S(=O)(=O)N(C(=O)CCCOc2cccc(C)c2)c2cccc(C)c2C)cc1. The fourth-order valence-corrected chi connectivity index (χ4v) is 4.90. The molecular weight excluding hydrogens is 422 g/mol. The first-order chi connectivity index (χ1) is 15.2. The molecular formula is C26H29NO4S. The molecule has 0 unspecified atom stereocenters. The van der Waals surface area contributed by atoms with Gasteiger partial charge in [0.25, 0.3) is 10.0 Å². The third-order valence-corrected chi connectivity index (χ3v) is 7.12. The molecule has 6 heteroatoms. The first-order valence-corrected chi connectivity index (χ1v) is 12.0. The van der Waals surface area contributed by atoms with Gasteiger partial charge in [0.1, 0.15) is 5.75 Å². The van der Waals surface area contributed by atoms with Gasteiger partial charge >= 0.3 is 0 Å². The summed E-state index contributed by atoms with van der Waals surface area (Å²) in [4.78, 5) is 13.3. The standard InChI is InChI=1S/C26H29NO4S/c1-19-13-15-24(16-14-19)32(29,30)27(25-11-6-9-21(3)22(25)4)26(28)12-7-17-31-23-10-5-8-20(2)18-23/h5-6,8-11,13-16,18H,7,12,17H2,1-4H3. The number of ether oxygens (including phenoxy) is 1. The molecule has 0 bridgehead atoms. The number of sulfonamides is 1. The maximum absolute atomic E-state index is 13.5. The van der Waals surface area contributed by atoms with Gasteiger partial charge in [0, 0.05) is 6.42 Å².